The molecule has 0 radical (unpaired) electrons. The molecule has 9 atom stereocenters. The van der Waals surface area contributed by atoms with Crippen molar-refractivity contribution in [2.24, 2.45) is 56.0 Å². The van der Waals surface area contributed by atoms with Crippen molar-refractivity contribution in [3.8, 4) is 12.5 Å². The van der Waals surface area contributed by atoms with Gasteiger partial charge in [-0.2, -0.15) is 5.06 Å². The van der Waals surface area contributed by atoms with Crippen LogP contribution in [0.4, 0.5) is 0 Å². The number of hydrogen-bond acceptors (Lipinski definition) is 4. The summed E-state index contributed by atoms with van der Waals surface area (Å²) >= 11 is 0. The number of rotatable bonds is 3. The third kappa shape index (κ3) is 3.68. The van der Waals surface area contributed by atoms with Crippen LogP contribution in [-0.2, 0) is 14.4 Å². The van der Waals surface area contributed by atoms with Crippen molar-refractivity contribution >= 4 is 11.7 Å². The van der Waals surface area contributed by atoms with Crippen LogP contribution in [0, 0.1) is 62.8 Å². The van der Waals surface area contributed by atoms with E-state index in [9.17, 15) is 9.59 Å². The molecule has 5 nitrogen and oxygen atoms in total. The Morgan fingerprint density at radius 3 is 2.36 bits per heavy atom. The largest absolute Gasteiger partial charge is 0.327 e. The molecular weight excluding hydrogens is 484 g/mol. The van der Waals surface area contributed by atoms with Gasteiger partial charge in [-0.25, -0.2) is 0 Å². The molecule has 2 N–H and O–H groups in total. The molecule has 5 aliphatic rings. The molecular formula is C34H52N2O3. The molecule has 0 bridgehead atoms. The molecule has 4 fully saturated rings. The van der Waals surface area contributed by atoms with E-state index in [-0.39, 0.29) is 50.9 Å². The Kier molecular flexibility index (Phi) is 6.52. The molecule has 0 aromatic carbocycles. The highest BCUT2D eigenvalue weighted by atomic mass is 16.7. The number of fused-ring (bicyclic) bond motifs is 7. The molecule has 216 valence electrons. The summed E-state index contributed by atoms with van der Waals surface area (Å²) in [6, 6.07) is 0.189. The predicted molar refractivity (Wildman–Crippen MR) is 155 cm³/mol. The molecule has 1 unspecified atom stereocenters. The van der Waals surface area contributed by atoms with Crippen LogP contribution in [0.3, 0.4) is 0 Å². The first-order valence-corrected chi connectivity index (χ1v) is 15.5. The van der Waals surface area contributed by atoms with Crippen molar-refractivity contribution in [1.82, 2.24) is 5.06 Å². The predicted octanol–water partition coefficient (Wildman–Crippen LogP) is 6.67. The Bertz CT molecular complexity index is 1140. The number of allylic oxidation sites excluding steroid dienone is 2. The third-order valence-corrected chi connectivity index (χ3v) is 13.9. The maximum Gasteiger partial charge on any atom is 0.261 e. The number of hydroxylamine groups is 2. The van der Waals surface area contributed by atoms with Gasteiger partial charge in [0.2, 0.25) is 0 Å². The van der Waals surface area contributed by atoms with E-state index in [0.29, 0.717) is 18.2 Å². The number of nitrogens with two attached hydrogens (primary N) is 1. The maximum absolute atomic E-state index is 14.5. The molecule has 0 aliphatic heterocycles. The number of carbonyl (C=O) groups excluding carboxylic acids is 2. The van der Waals surface area contributed by atoms with Crippen LogP contribution in [0.5, 0.6) is 0 Å². The number of hydrogen-bond donors (Lipinski definition) is 1. The Balaban J connectivity index is 1.57. The van der Waals surface area contributed by atoms with E-state index in [2.05, 4.69) is 60.6 Å². The lowest BCUT2D eigenvalue weighted by atomic mass is 9.33. The van der Waals surface area contributed by atoms with Crippen molar-refractivity contribution < 1.29 is 14.4 Å². The average molecular weight is 537 g/mol. The second-order valence-corrected chi connectivity index (χ2v) is 15.9. The van der Waals surface area contributed by atoms with E-state index >= 15 is 0 Å². The molecule has 0 saturated heterocycles. The first-order valence-electron chi connectivity index (χ1n) is 15.5. The fraction of sp³-hybridized carbons (Fsp3) is 0.824. The van der Waals surface area contributed by atoms with Gasteiger partial charge in [0, 0.05) is 12.0 Å². The van der Waals surface area contributed by atoms with Crippen LogP contribution < -0.4 is 5.73 Å². The van der Waals surface area contributed by atoms with Crippen molar-refractivity contribution in [2.45, 2.75) is 119 Å². The molecule has 1 amide bonds. The summed E-state index contributed by atoms with van der Waals surface area (Å²) in [7, 11) is 0. The first-order chi connectivity index (χ1) is 18.0. The zero-order chi connectivity index (χ0) is 28.8. The van der Waals surface area contributed by atoms with Gasteiger partial charge >= 0.3 is 0 Å². The van der Waals surface area contributed by atoms with Crippen LogP contribution in [0.2, 0.25) is 0 Å². The topological polar surface area (TPSA) is 72.6 Å². The highest BCUT2D eigenvalue weighted by Gasteiger charge is 2.70. The van der Waals surface area contributed by atoms with Crippen LogP contribution in [-0.4, -0.2) is 29.3 Å². The molecule has 5 aliphatic carbocycles. The minimum absolute atomic E-state index is 0.0184. The van der Waals surface area contributed by atoms with Gasteiger partial charge in [-0.05, 0) is 110 Å². The van der Waals surface area contributed by atoms with Crippen LogP contribution in [0.1, 0.15) is 113 Å². The molecule has 4 saturated carbocycles. The Morgan fingerprint density at radius 1 is 1.05 bits per heavy atom. The van der Waals surface area contributed by atoms with Gasteiger partial charge in [0.1, 0.15) is 6.11 Å². The zero-order valence-electron chi connectivity index (χ0n) is 25.8. The minimum Gasteiger partial charge on any atom is -0.327 e. The second kappa shape index (κ2) is 8.85. The highest BCUT2D eigenvalue weighted by molar-refractivity contribution is 5.95. The molecule has 0 heterocycles. The summed E-state index contributed by atoms with van der Waals surface area (Å²) in [4.78, 5) is 33.5. The maximum atomic E-state index is 14.5. The lowest BCUT2D eigenvalue weighted by Gasteiger charge is -2.70. The molecule has 5 rings (SSSR count). The van der Waals surface area contributed by atoms with Crippen LogP contribution in [0.15, 0.2) is 11.6 Å². The van der Waals surface area contributed by atoms with Gasteiger partial charge in [0.25, 0.3) is 5.91 Å². The Labute approximate surface area is 237 Å². The normalized spacial score (nSPS) is 48.3. The average Bonchev–Trinajstić information content (AvgIpc) is 2.87. The van der Waals surface area contributed by atoms with E-state index in [1.807, 2.05) is 6.92 Å². The fourth-order valence-corrected chi connectivity index (χ4v) is 11.0. The molecule has 0 aromatic rings. The highest BCUT2D eigenvalue weighted by Crippen LogP contribution is 2.75. The van der Waals surface area contributed by atoms with Gasteiger partial charge in [-0.1, -0.05) is 60.5 Å². The number of terminal acetylenes is 1. The van der Waals surface area contributed by atoms with Crippen molar-refractivity contribution in [3.63, 3.8) is 0 Å². The zero-order valence-corrected chi connectivity index (χ0v) is 25.8. The van der Waals surface area contributed by atoms with Gasteiger partial charge in [-0.15, -0.1) is 0 Å². The number of ketones is 1. The summed E-state index contributed by atoms with van der Waals surface area (Å²) < 4.78 is 0. The quantitative estimate of drug-likeness (QED) is 0.323. The Morgan fingerprint density at radius 2 is 1.72 bits per heavy atom. The lowest BCUT2D eigenvalue weighted by molar-refractivity contribution is -0.190. The van der Waals surface area contributed by atoms with E-state index < -0.39 is 5.41 Å². The van der Waals surface area contributed by atoms with E-state index in [1.54, 1.807) is 0 Å². The standard InChI is InChI=1S/C34H52N2O3/c1-10-36(39-11-2)28(38)31(6)17-16-30(5)18-19-33(8)22(23(30)21-31)20-24(37)27-32(7)14-13-26(35)29(3,4)25(32)12-15-34(27,33)9/h2,20,23,25-27H,10,12-19,21,35H2,1,3-9H3/t23-,25?,26-,27+,30+,31-,32-,33+,34+/m0/s1. The molecule has 39 heavy (non-hydrogen) atoms. The van der Waals surface area contributed by atoms with Gasteiger partial charge in [-0.3, -0.25) is 9.59 Å². The van der Waals surface area contributed by atoms with Gasteiger partial charge in [0.15, 0.2) is 5.78 Å². The van der Waals surface area contributed by atoms with E-state index in [4.69, 9.17) is 17.0 Å². The minimum atomic E-state index is -0.565. The van der Waals surface area contributed by atoms with E-state index in [1.165, 1.54) is 10.6 Å². The number of carbonyl (C=O) groups is 2. The summed E-state index contributed by atoms with van der Waals surface area (Å²) in [5.41, 5.74) is 7.37. The van der Waals surface area contributed by atoms with Crippen molar-refractivity contribution in [1.29, 1.82) is 0 Å². The summed E-state index contributed by atoms with van der Waals surface area (Å²) in [6.07, 6.45) is 18.7. The van der Waals surface area contributed by atoms with Crippen molar-refractivity contribution in [2.75, 3.05) is 6.54 Å². The molecule has 0 spiro atoms. The van der Waals surface area contributed by atoms with E-state index in [0.717, 1.165) is 57.8 Å². The molecule has 0 aromatic heterocycles. The Hall–Kier alpha value is -1.80. The summed E-state index contributed by atoms with van der Waals surface area (Å²) in [5.74, 6) is 0.974. The summed E-state index contributed by atoms with van der Waals surface area (Å²) in [5, 5.41) is 1.35. The third-order valence-electron chi connectivity index (χ3n) is 13.9. The molecule has 5 heteroatoms. The number of nitrogens with zero attached hydrogens (tertiary/aromatic N) is 1. The monoisotopic (exact) mass is 536 g/mol. The first kappa shape index (κ1) is 28.7. The fourth-order valence-electron chi connectivity index (χ4n) is 11.0. The van der Waals surface area contributed by atoms with Crippen LogP contribution in [0.25, 0.3) is 0 Å². The lowest BCUT2D eigenvalue weighted by Crippen LogP contribution is -2.67. The SMILES string of the molecule is C#CON(CC)C(=O)[C@@]1(C)CC[C@]2(C)CC[C@]3(C)C(=CC(=O)[C@@H]4[C@@]5(C)CC[C@H](N)C(C)(C)C5CC[C@]43C)[C@@H]2C1. The van der Waals surface area contributed by atoms with Crippen molar-refractivity contribution in [3.05, 3.63) is 11.6 Å². The number of amides is 1. The van der Waals surface area contributed by atoms with Gasteiger partial charge < -0.3 is 10.6 Å². The summed E-state index contributed by atoms with van der Waals surface area (Å²) in [6.45, 7) is 18.8. The smallest absolute Gasteiger partial charge is 0.261 e. The van der Waals surface area contributed by atoms with Crippen LogP contribution >= 0.6 is 0 Å². The van der Waals surface area contributed by atoms with Gasteiger partial charge in [0.05, 0.1) is 12.0 Å². The second-order valence-electron chi connectivity index (χ2n) is 15.9.